The van der Waals surface area contributed by atoms with Gasteiger partial charge in [0.05, 0.1) is 12.7 Å². The Labute approximate surface area is 104 Å². The fraction of sp³-hybridized carbons (Fsp3) is 0.250. The van der Waals surface area contributed by atoms with E-state index >= 15 is 0 Å². The number of rotatable bonds is 4. The predicted octanol–water partition coefficient (Wildman–Crippen LogP) is 3.97. The Balaban J connectivity index is 1.94. The lowest BCUT2D eigenvalue weighted by Crippen LogP contribution is -1.98. The molecule has 0 amide bonds. The third-order valence-electron chi connectivity index (χ3n) is 2.33. The molecule has 1 N–H and O–H groups in total. The van der Waals surface area contributed by atoms with E-state index in [4.69, 9.17) is 11.6 Å². The van der Waals surface area contributed by atoms with Gasteiger partial charge in [0.2, 0.25) is 0 Å². The van der Waals surface area contributed by atoms with Crippen LogP contribution in [0.5, 0.6) is 0 Å². The number of halogens is 1. The first-order valence-corrected chi connectivity index (χ1v) is 6.40. The van der Waals surface area contributed by atoms with Crippen molar-refractivity contribution in [1.82, 2.24) is 4.98 Å². The van der Waals surface area contributed by atoms with Crippen molar-refractivity contribution in [2.75, 3.05) is 5.32 Å². The number of nitrogens with one attached hydrogen (secondary N) is 1. The van der Waals surface area contributed by atoms with E-state index in [1.54, 1.807) is 6.20 Å². The molecule has 2 nitrogen and oxygen atoms in total. The summed E-state index contributed by atoms with van der Waals surface area (Å²) < 4.78 is 0.734. The molecule has 2 aromatic rings. The van der Waals surface area contributed by atoms with Crippen LogP contribution in [-0.4, -0.2) is 4.98 Å². The predicted molar refractivity (Wildman–Crippen MR) is 70.3 cm³/mol. The van der Waals surface area contributed by atoms with Crippen LogP contribution in [0.2, 0.25) is 4.34 Å². The lowest BCUT2D eigenvalue weighted by molar-refractivity contribution is 1.10. The Morgan fingerprint density at radius 2 is 2.06 bits per heavy atom. The molecule has 0 saturated carbocycles. The Bertz CT molecular complexity index is 450. The molecule has 0 spiro atoms. The van der Waals surface area contributed by atoms with Gasteiger partial charge in [-0.1, -0.05) is 30.7 Å². The first-order valence-electron chi connectivity index (χ1n) is 5.21. The maximum atomic E-state index is 5.81. The Kier molecular flexibility index (Phi) is 3.80. The largest absolute Gasteiger partial charge is 0.379 e. The summed E-state index contributed by atoms with van der Waals surface area (Å²) in [5.74, 6) is 0. The third-order valence-corrected chi connectivity index (χ3v) is 3.45. The van der Waals surface area contributed by atoms with E-state index in [1.807, 2.05) is 0 Å². The maximum absolute atomic E-state index is 5.81. The molecule has 16 heavy (non-hydrogen) atoms. The van der Waals surface area contributed by atoms with E-state index < -0.39 is 0 Å². The minimum atomic E-state index is 0.725. The molecule has 0 unspecified atom stereocenters. The van der Waals surface area contributed by atoms with Gasteiger partial charge in [0, 0.05) is 5.69 Å². The molecular formula is C12H13ClN2S. The van der Waals surface area contributed by atoms with Gasteiger partial charge in [0.15, 0.2) is 0 Å². The Morgan fingerprint density at radius 3 is 2.62 bits per heavy atom. The quantitative estimate of drug-likeness (QED) is 0.891. The molecule has 4 heteroatoms. The molecule has 2 rings (SSSR count). The van der Waals surface area contributed by atoms with Crippen molar-refractivity contribution >= 4 is 28.6 Å². The zero-order chi connectivity index (χ0) is 11.4. The summed E-state index contributed by atoms with van der Waals surface area (Å²) in [6, 6.07) is 8.45. The van der Waals surface area contributed by atoms with Crippen LogP contribution in [0.3, 0.4) is 0 Å². The standard InChI is InChI=1S/C12H13ClN2S/c1-2-9-3-5-10(6-4-9)14-8-12-15-7-11(13)16-12/h3-7,14H,2,8H2,1H3. The molecule has 1 aromatic carbocycles. The van der Waals surface area contributed by atoms with Crippen LogP contribution in [0.25, 0.3) is 0 Å². The number of anilines is 1. The molecule has 0 fully saturated rings. The molecule has 0 aliphatic rings. The van der Waals surface area contributed by atoms with Crippen molar-refractivity contribution in [3.8, 4) is 0 Å². The highest BCUT2D eigenvalue weighted by atomic mass is 35.5. The van der Waals surface area contributed by atoms with E-state index in [-0.39, 0.29) is 0 Å². The molecule has 0 bridgehead atoms. The average Bonchev–Trinajstić information content (AvgIpc) is 2.73. The summed E-state index contributed by atoms with van der Waals surface area (Å²) in [5, 5.41) is 4.32. The highest BCUT2D eigenvalue weighted by molar-refractivity contribution is 7.15. The summed E-state index contributed by atoms with van der Waals surface area (Å²) in [5.41, 5.74) is 2.46. The van der Waals surface area contributed by atoms with E-state index in [0.717, 1.165) is 28.0 Å². The van der Waals surface area contributed by atoms with Gasteiger partial charge >= 0.3 is 0 Å². The van der Waals surface area contributed by atoms with Gasteiger partial charge in [-0.05, 0) is 24.1 Å². The second-order valence-electron chi connectivity index (χ2n) is 3.46. The maximum Gasteiger partial charge on any atom is 0.113 e. The number of thiazole rings is 1. The smallest absolute Gasteiger partial charge is 0.113 e. The van der Waals surface area contributed by atoms with Gasteiger partial charge in [0.1, 0.15) is 9.34 Å². The molecule has 1 heterocycles. The minimum Gasteiger partial charge on any atom is -0.379 e. The first kappa shape index (κ1) is 11.4. The summed E-state index contributed by atoms with van der Waals surface area (Å²) in [4.78, 5) is 4.19. The first-order chi connectivity index (χ1) is 7.78. The molecule has 0 atom stereocenters. The van der Waals surface area contributed by atoms with Crippen LogP contribution >= 0.6 is 22.9 Å². The number of aryl methyl sites for hydroxylation is 1. The zero-order valence-electron chi connectivity index (χ0n) is 9.03. The summed E-state index contributed by atoms with van der Waals surface area (Å²) in [7, 11) is 0. The average molecular weight is 253 g/mol. The van der Waals surface area contributed by atoms with Crippen molar-refractivity contribution in [1.29, 1.82) is 0 Å². The lowest BCUT2D eigenvalue weighted by atomic mass is 10.1. The molecule has 1 aromatic heterocycles. The fourth-order valence-corrected chi connectivity index (χ4v) is 2.30. The number of hydrogen-bond acceptors (Lipinski definition) is 3. The van der Waals surface area contributed by atoms with Gasteiger partial charge in [-0.15, -0.1) is 11.3 Å². The van der Waals surface area contributed by atoms with E-state index in [1.165, 1.54) is 16.9 Å². The normalized spacial score (nSPS) is 10.4. The van der Waals surface area contributed by atoms with Crippen LogP contribution in [0.4, 0.5) is 5.69 Å². The van der Waals surface area contributed by atoms with Crippen LogP contribution in [0, 0.1) is 0 Å². The molecule has 0 saturated heterocycles. The number of nitrogens with zero attached hydrogens (tertiary/aromatic N) is 1. The van der Waals surface area contributed by atoms with Gasteiger partial charge in [-0.25, -0.2) is 4.98 Å². The molecule has 84 valence electrons. The number of benzene rings is 1. The van der Waals surface area contributed by atoms with Crippen molar-refractivity contribution < 1.29 is 0 Å². The van der Waals surface area contributed by atoms with Crippen LogP contribution in [0.15, 0.2) is 30.5 Å². The molecular weight excluding hydrogens is 240 g/mol. The number of hydrogen-bond donors (Lipinski definition) is 1. The van der Waals surface area contributed by atoms with Crippen molar-refractivity contribution in [2.24, 2.45) is 0 Å². The van der Waals surface area contributed by atoms with Gasteiger partial charge in [-0.2, -0.15) is 0 Å². The molecule has 0 aliphatic heterocycles. The Hall–Kier alpha value is -1.06. The van der Waals surface area contributed by atoms with Gasteiger partial charge in [-0.3, -0.25) is 0 Å². The summed E-state index contributed by atoms with van der Waals surface area (Å²) in [6.45, 7) is 2.88. The van der Waals surface area contributed by atoms with Crippen molar-refractivity contribution in [2.45, 2.75) is 19.9 Å². The lowest BCUT2D eigenvalue weighted by Gasteiger charge is -2.04. The molecule has 0 radical (unpaired) electrons. The van der Waals surface area contributed by atoms with Crippen LogP contribution in [0.1, 0.15) is 17.5 Å². The van der Waals surface area contributed by atoms with Gasteiger partial charge in [0.25, 0.3) is 0 Å². The fourth-order valence-electron chi connectivity index (χ4n) is 1.41. The summed E-state index contributed by atoms with van der Waals surface area (Å²) in [6.07, 6.45) is 2.76. The topological polar surface area (TPSA) is 24.9 Å². The SMILES string of the molecule is CCc1ccc(NCc2ncc(Cl)s2)cc1. The second kappa shape index (κ2) is 5.32. The van der Waals surface area contributed by atoms with E-state index in [2.05, 4.69) is 41.5 Å². The highest BCUT2D eigenvalue weighted by Gasteiger charge is 1.99. The highest BCUT2D eigenvalue weighted by Crippen LogP contribution is 2.19. The zero-order valence-corrected chi connectivity index (χ0v) is 10.6. The second-order valence-corrected chi connectivity index (χ2v) is 5.21. The van der Waals surface area contributed by atoms with Gasteiger partial charge < -0.3 is 5.32 Å². The van der Waals surface area contributed by atoms with Crippen molar-refractivity contribution in [3.05, 3.63) is 45.4 Å². The van der Waals surface area contributed by atoms with E-state index in [0.29, 0.717) is 0 Å². The Morgan fingerprint density at radius 1 is 1.31 bits per heavy atom. The minimum absolute atomic E-state index is 0.725. The van der Waals surface area contributed by atoms with Crippen molar-refractivity contribution in [3.63, 3.8) is 0 Å². The summed E-state index contributed by atoms with van der Waals surface area (Å²) >= 11 is 7.32. The third kappa shape index (κ3) is 2.97. The monoisotopic (exact) mass is 252 g/mol. The van der Waals surface area contributed by atoms with E-state index in [9.17, 15) is 0 Å². The van der Waals surface area contributed by atoms with Crippen LogP contribution < -0.4 is 5.32 Å². The van der Waals surface area contributed by atoms with Crippen LogP contribution in [-0.2, 0) is 13.0 Å². The molecule has 0 aliphatic carbocycles. The number of aromatic nitrogens is 1.